The number of nitrogens with one attached hydrogen (secondary N) is 1. The fourth-order valence-electron chi connectivity index (χ4n) is 2.03. The molecule has 96 valence electrons. The van der Waals surface area contributed by atoms with Crippen LogP contribution < -0.4 is 5.32 Å². The zero-order valence-corrected chi connectivity index (χ0v) is 11.1. The highest BCUT2D eigenvalue weighted by Crippen LogP contribution is 2.24. The van der Waals surface area contributed by atoms with Crippen LogP contribution in [0.15, 0.2) is 34.9 Å². The number of hydrogen-bond acceptors (Lipinski definition) is 4. The first-order chi connectivity index (χ1) is 8.76. The molecule has 1 heterocycles. The number of rotatable bonds is 5. The molecular weight excluding hydrogens is 226 g/mol. The predicted molar refractivity (Wildman–Crippen MR) is 71.3 cm³/mol. The molecule has 0 saturated heterocycles. The molecule has 1 N–H and O–H groups in total. The van der Waals surface area contributed by atoms with Crippen LogP contribution in [0, 0.1) is 0 Å². The highest BCUT2D eigenvalue weighted by Gasteiger charge is 2.22. The van der Waals surface area contributed by atoms with Crippen LogP contribution in [0.25, 0.3) is 11.4 Å². The molecular formula is C14H19N3O. The summed E-state index contributed by atoms with van der Waals surface area (Å²) < 4.78 is 5.39. The van der Waals surface area contributed by atoms with Crippen molar-refractivity contribution in [3.63, 3.8) is 0 Å². The number of hydrogen-bond donors (Lipinski definition) is 1. The lowest BCUT2D eigenvalue weighted by molar-refractivity contribution is 0.322. The Kier molecular flexibility index (Phi) is 4.10. The maximum Gasteiger partial charge on any atom is 0.231 e. The first-order valence-electron chi connectivity index (χ1n) is 6.32. The summed E-state index contributed by atoms with van der Waals surface area (Å²) in [5.74, 6) is 1.62. The number of nitrogens with zero attached hydrogens (tertiary/aromatic N) is 2. The van der Waals surface area contributed by atoms with E-state index in [1.165, 1.54) is 0 Å². The van der Waals surface area contributed by atoms with E-state index in [0.29, 0.717) is 17.8 Å². The minimum absolute atomic E-state index is 0.250. The number of aromatic nitrogens is 2. The first kappa shape index (κ1) is 12.8. The topological polar surface area (TPSA) is 51.0 Å². The van der Waals surface area contributed by atoms with Crippen LogP contribution in [-0.4, -0.2) is 23.2 Å². The van der Waals surface area contributed by atoms with Crippen molar-refractivity contribution in [1.82, 2.24) is 15.5 Å². The smallest absolute Gasteiger partial charge is 0.231 e. The van der Waals surface area contributed by atoms with Gasteiger partial charge in [-0.1, -0.05) is 42.4 Å². The van der Waals surface area contributed by atoms with Gasteiger partial charge in [0, 0.05) is 11.6 Å². The van der Waals surface area contributed by atoms with Crippen LogP contribution in [-0.2, 0) is 0 Å². The number of likely N-dealkylation sites (N-methyl/N-ethyl adjacent to an activating group) is 1. The zero-order valence-electron chi connectivity index (χ0n) is 11.1. The summed E-state index contributed by atoms with van der Waals surface area (Å²) in [6.45, 7) is 4.26. The Morgan fingerprint density at radius 1 is 1.28 bits per heavy atom. The van der Waals surface area contributed by atoms with E-state index in [9.17, 15) is 0 Å². The van der Waals surface area contributed by atoms with Crippen LogP contribution in [0.3, 0.4) is 0 Å². The second kappa shape index (κ2) is 5.78. The Balaban J connectivity index is 2.25. The van der Waals surface area contributed by atoms with Gasteiger partial charge in [0.15, 0.2) is 0 Å². The molecule has 18 heavy (non-hydrogen) atoms. The monoisotopic (exact) mass is 245 g/mol. The lowest BCUT2D eigenvalue weighted by Gasteiger charge is -2.17. The van der Waals surface area contributed by atoms with Crippen LogP contribution >= 0.6 is 0 Å². The summed E-state index contributed by atoms with van der Waals surface area (Å²) in [4.78, 5) is 4.50. The second-order valence-corrected chi connectivity index (χ2v) is 4.41. The summed E-state index contributed by atoms with van der Waals surface area (Å²) >= 11 is 0. The van der Waals surface area contributed by atoms with E-state index in [4.69, 9.17) is 4.52 Å². The summed E-state index contributed by atoms with van der Waals surface area (Å²) in [5.41, 5.74) is 0.986. The zero-order chi connectivity index (χ0) is 13.0. The first-order valence-corrected chi connectivity index (χ1v) is 6.32. The average molecular weight is 245 g/mol. The van der Waals surface area contributed by atoms with E-state index in [1.807, 2.05) is 37.4 Å². The van der Waals surface area contributed by atoms with Gasteiger partial charge < -0.3 is 9.84 Å². The average Bonchev–Trinajstić information content (AvgIpc) is 2.90. The lowest BCUT2D eigenvalue weighted by Crippen LogP contribution is -2.28. The Morgan fingerprint density at radius 3 is 2.61 bits per heavy atom. The summed E-state index contributed by atoms with van der Waals surface area (Å²) in [6, 6.07) is 10.2. The minimum atomic E-state index is 0.250. The van der Waals surface area contributed by atoms with E-state index in [-0.39, 0.29) is 5.92 Å². The molecule has 2 aromatic rings. The molecule has 0 bridgehead atoms. The molecule has 4 nitrogen and oxygen atoms in total. The van der Waals surface area contributed by atoms with Crippen LogP contribution in [0.2, 0.25) is 0 Å². The number of benzene rings is 1. The second-order valence-electron chi connectivity index (χ2n) is 4.41. The van der Waals surface area contributed by atoms with Crippen molar-refractivity contribution in [2.45, 2.75) is 32.2 Å². The van der Waals surface area contributed by atoms with E-state index in [2.05, 4.69) is 29.3 Å². The summed E-state index contributed by atoms with van der Waals surface area (Å²) in [6.07, 6.45) is 0.971. The van der Waals surface area contributed by atoms with Gasteiger partial charge in [-0.15, -0.1) is 0 Å². The predicted octanol–water partition coefficient (Wildman–Crippen LogP) is 2.84. The highest BCUT2D eigenvalue weighted by molar-refractivity contribution is 5.53. The largest absolute Gasteiger partial charge is 0.339 e. The van der Waals surface area contributed by atoms with Crippen molar-refractivity contribution in [2.75, 3.05) is 7.05 Å². The third-order valence-corrected chi connectivity index (χ3v) is 3.29. The minimum Gasteiger partial charge on any atom is -0.339 e. The van der Waals surface area contributed by atoms with Gasteiger partial charge in [0.25, 0.3) is 0 Å². The molecule has 1 aromatic carbocycles. The van der Waals surface area contributed by atoms with Crippen molar-refractivity contribution in [2.24, 2.45) is 0 Å². The highest BCUT2D eigenvalue weighted by atomic mass is 16.5. The molecule has 0 fully saturated rings. The molecule has 0 aliphatic carbocycles. The van der Waals surface area contributed by atoms with Gasteiger partial charge in [0.05, 0.1) is 5.92 Å². The maximum absolute atomic E-state index is 5.39. The molecule has 0 radical (unpaired) electrons. The quantitative estimate of drug-likeness (QED) is 0.880. The molecule has 4 heteroatoms. The van der Waals surface area contributed by atoms with Crippen LogP contribution in [0.1, 0.15) is 32.1 Å². The standard InChI is InChI=1S/C14H19N3O/c1-4-12(10(2)15-3)14-16-13(17-18-14)11-8-6-5-7-9-11/h5-10,12,15H,4H2,1-3H3. The van der Waals surface area contributed by atoms with Gasteiger partial charge in [-0.2, -0.15) is 4.98 Å². The molecule has 2 unspecified atom stereocenters. The third-order valence-electron chi connectivity index (χ3n) is 3.29. The molecule has 2 rings (SSSR count). The molecule has 0 amide bonds. The SMILES string of the molecule is CCC(c1nc(-c2ccccc2)no1)C(C)NC. The molecule has 0 aliphatic rings. The van der Waals surface area contributed by atoms with E-state index < -0.39 is 0 Å². The van der Waals surface area contributed by atoms with Crippen molar-refractivity contribution < 1.29 is 4.52 Å². The molecule has 2 atom stereocenters. The van der Waals surface area contributed by atoms with Crippen LogP contribution in [0.4, 0.5) is 0 Å². The Labute approximate surface area is 107 Å². The fraction of sp³-hybridized carbons (Fsp3) is 0.429. The summed E-state index contributed by atoms with van der Waals surface area (Å²) in [5, 5.41) is 7.29. The summed E-state index contributed by atoms with van der Waals surface area (Å²) in [7, 11) is 1.95. The fourth-order valence-corrected chi connectivity index (χ4v) is 2.03. The third kappa shape index (κ3) is 2.59. The van der Waals surface area contributed by atoms with E-state index >= 15 is 0 Å². The Bertz CT molecular complexity index is 481. The van der Waals surface area contributed by atoms with Gasteiger partial charge in [-0.25, -0.2) is 0 Å². The van der Waals surface area contributed by atoms with Gasteiger partial charge in [0.2, 0.25) is 11.7 Å². The van der Waals surface area contributed by atoms with Gasteiger partial charge in [0.1, 0.15) is 0 Å². The van der Waals surface area contributed by atoms with Crippen molar-refractivity contribution >= 4 is 0 Å². The Hall–Kier alpha value is -1.68. The van der Waals surface area contributed by atoms with Gasteiger partial charge in [-0.05, 0) is 20.4 Å². The van der Waals surface area contributed by atoms with Gasteiger partial charge >= 0.3 is 0 Å². The molecule has 0 saturated carbocycles. The molecule has 1 aromatic heterocycles. The molecule has 0 aliphatic heterocycles. The van der Waals surface area contributed by atoms with Crippen molar-refractivity contribution in [3.8, 4) is 11.4 Å². The maximum atomic E-state index is 5.39. The van der Waals surface area contributed by atoms with E-state index in [0.717, 1.165) is 12.0 Å². The van der Waals surface area contributed by atoms with Crippen molar-refractivity contribution in [3.05, 3.63) is 36.2 Å². The lowest BCUT2D eigenvalue weighted by atomic mass is 9.98. The normalized spacial score (nSPS) is 14.4. The van der Waals surface area contributed by atoms with Crippen molar-refractivity contribution in [1.29, 1.82) is 0 Å². The van der Waals surface area contributed by atoms with Crippen LogP contribution in [0.5, 0.6) is 0 Å². The Morgan fingerprint density at radius 2 is 2.00 bits per heavy atom. The van der Waals surface area contributed by atoms with E-state index in [1.54, 1.807) is 0 Å². The molecule has 0 spiro atoms. The van der Waals surface area contributed by atoms with Gasteiger partial charge in [-0.3, -0.25) is 0 Å².